The van der Waals surface area contributed by atoms with Gasteiger partial charge in [0.05, 0.1) is 23.8 Å². The summed E-state index contributed by atoms with van der Waals surface area (Å²) in [5.41, 5.74) is 2.54. The molecule has 0 aliphatic heterocycles. The van der Waals surface area contributed by atoms with E-state index in [1.54, 1.807) is 36.4 Å². The predicted molar refractivity (Wildman–Crippen MR) is 145 cm³/mol. The minimum absolute atomic E-state index is 0.0619. The van der Waals surface area contributed by atoms with Crippen LogP contribution in [0, 0.1) is 0 Å². The number of nitrogens with zero attached hydrogens (tertiary/aromatic N) is 1. The molecule has 4 N–H and O–H groups in total. The van der Waals surface area contributed by atoms with Crippen molar-refractivity contribution in [3.63, 3.8) is 0 Å². The van der Waals surface area contributed by atoms with Crippen LogP contribution in [0.1, 0.15) is 41.2 Å². The van der Waals surface area contributed by atoms with Gasteiger partial charge < -0.3 is 10.6 Å². The van der Waals surface area contributed by atoms with Gasteiger partial charge in [0.15, 0.2) is 6.29 Å². The SMILES string of the molecule is CCc1csc([C@H](Cc2ccc(NS(=O)(=O)O)cc2)NC(=O)[C@H](Cc2ccccc2)NC(=O)CC(=O)C=O)n1. The molecule has 206 valence electrons. The van der Waals surface area contributed by atoms with Gasteiger partial charge in [-0.05, 0) is 36.1 Å². The lowest BCUT2D eigenvalue weighted by Gasteiger charge is -2.23. The lowest BCUT2D eigenvalue weighted by atomic mass is 10.0. The molecule has 2 atom stereocenters. The van der Waals surface area contributed by atoms with Crippen molar-refractivity contribution in [1.82, 2.24) is 15.6 Å². The van der Waals surface area contributed by atoms with Gasteiger partial charge in [0.1, 0.15) is 11.0 Å². The van der Waals surface area contributed by atoms with Crippen molar-refractivity contribution in [3.05, 3.63) is 81.8 Å². The molecule has 0 unspecified atom stereocenters. The van der Waals surface area contributed by atoms with Crippen molar-refractivity contribution in [2.75, 3.05) is 4.72 Å². The Morgan fingerprint density at radius 3 is 2.26 bits per heavy atom. The van der Waals surface area contributed by atoms with Gasteiger partial charge in [-0.25, -0.2) is 4.98 Å². The van der Waals surface area contributed by atoms with Crippen LogP contribution >= 0.6 is 11.3 Å². The average Bonchev–Trinajstić information content (AvgIpc) is 3.38. The lowest BCUT2D eigenvalue weighted by molar-refractivity contribution is -0.135. The molecule has 0 radical (unpaired) electrons. The van der Waals surface area contributed by atoms with E-state index in [1.165, 1.54) is 23.5 Å². The average molecular weight is 573 g/mol. The lowest BCUT2D eigenvalue weighted by Crippen LogP contribution is -2.49. The number of thiazole rings is 1. The van der Waals surface area contributed by atoms with E-state index in [2.05, 4.69) is 15.6 Å². The summed E-state index contributed by atoms with van der Waals surface area (Å²) in [4.78, 5) is 52.6. The maximum Gasteiger partial charge on any atom is 0.357 e. The van der Waals surface area contributed by atoms with Crippen molar-refractivity contribution in [2.45, 2.75) is 44.7 Å². The number of aromatic nitrogens is 1. The number of anilines is 1. The van der Waals surface area contributed by atoms with Crippen molar-refractivity contribution in [2.24, 2.45) is 0 Å². The largest absolute Gasteiger partial charge is 0.357 e. The number of aldehydes is 1. The van der Waals surface area contributed by atoms with Crippen molar-refractivity contribution in [3.8, 4) is 0 Å². The third kappa shape index (κ3) is 9.71. The van der Waals surface area contributed by atoms with Crippen LogP contribution in [0.4, 0.5) is 5.69 Å². The molecule has 2 aromatic carbocycles. The number of hydrogen-bond acceptors (Lipinski definition) is 8. The number of ketones is 1. The fraction of sp³-hybridized carbons (Fsp3) is 0.269. The van der Waals surface area contributed by atoms with Gasteiger partial charge in [-0.15, -0.1) is 11.3 Å². The summed E-state index contributed by atoms with van der Waals surface area (Å²) in [6.07, 6.45) is 0.539. The Morgan fingerprint density at radius 2 is 1.67 bits per heavy atom. The molecule has 2 amide bonds. The van der Waals surface area contributed by atoms with E-state index in [9.17, 15) is 27.6 Å². The zero-order valence-electron chi connectivity index (χ0n) is 21.0. The molecule has 0 spiro atoms. The second kappa shape index (κ2) is 13.7. The molecule has 0 bridgehead atoms. The number of nitrogens with one attached hydrogen (secondary N) is 3. The molecule has 13 heteroatoms. The van der Waals surface area contributed by atoms with E-state index < -0.39 is 46.4 Å². The number of benzene rings is 2. The smallest absolute Gasteiger partial charge is 0.345 e. The first-order valence-electron chi connectivity index (χ1n) is 12.0. The number of carbonyl (C=O) groups excluding carboxylic acids is 4. The summed E-state index contributed by atoms with van der Waals surface area (Å²) in [6.45, 7) is 1.96. The van der Waals surface area contributed by atoms with Crippen LogP contribution in [0.25, 0.3) is 0 Å². The van der Waals surface area contributed by atoms with Crippen LogP contribution < -0.4 is 15.4 Å². The molecule has 0 aliphatic rings. The Morgan fingerprint density at radius 1 is 1.00 bits per heavy atom. The van der Waals surface area contributed by atoms with E-state index >= 15 is 0 Å². The Hall–Kier alpha value is -3.94. The monoisotopic (exact) mass is 572 g/mol. The quantitative estimate of drug-likeness (QED) is 0.0985. The highest BCUT2D eigenvalue weighted by Crippen LogP contribution is 2.24. The Bertz CT molecular complexity index is 1410. The molecular weight excluding hydrogens is 544 g/mol. The third-order valence-electron chi connectivity index (χ3n) is 5.59. The highest BCUT2D eigenvalue weighted by Gasteiger charge is 2.27. The van der Waals surface area contributed by atoms with Crippen molar-refractivity contribution >= 4 is 51.2 Å². The van der Waals surface area contributed by atoms with Crippen LogP contribution in [0.2, 0.25) is 0 Å². The molecule has 39 heavy (non-hydrogen) atoms. The Kier molecular flexibility index (Phi) is 10.4. The Balaban J connectivity index is 1.84. The van der Waals surface area contributed by atoms with Gasteiger partial charge >= 0.3 is 10.3 Å². The fourth-order valence-corrected chi connectivity index (χ4v) is 5.10. The molecule has 1 aromatic heterocycles. The molecule has 0 saturated heterocycles. The van der Waals surface area contributed by atoms with Gasteiger partial charge in [0.25, 0.3) is 0 Å². The molecule has 3 rings (SSSR count). The van der Waals surface area contributed by atoms with Crippen LogP contribution in [0.3, 0.4) is 0 Å². The topological polar surface area (TPSA) is 172 Å². The molecule has 11 nitrogen and oxygen atoms in total. The number of aryl methyl sites for hydroxylation is 1. The minimum atomic E-state index is -4.42. The number of amides is 2. The standard InChI is InChI=1S/C26H28N4O7S2/c1-2-19-16-38-26(27-19)23(13-18-8-10-20(11-9-18)30-39(35,36)37)29-25(34)22(12-17-6-4-3-5-7-17)28-24(33)14-21(32)15-31/h3-11,15-16,22-23,30H,2,12-14H2,1H3,(H,28,33)(H,29,34)(H,35,36,37)/t22-,23-/m0/s1. The molecule has 0 saturated carbocycles. The van der Waals surface area contributed by atoms with E-state index in [0.29, 0.717) is 17.8 Å². The van der Waals surface area contributed by atoms with Crippen molar-refractivity contribution in [1.29, 1.82) is 0 Å². The molecule has 1 heterocycles. The van der Waals surface area contributed by atoms with Crippen LogP contribution in [-0.4, -0.2) is 47.9 Å². The second-order valence-electron chi connectivity index (χ2n) is 8.64. The summed E-state index contributed by atoms with van der Waals surface area (Å²) in [5, 5.41) is 8.04. The summed E-state index contributed by atoms with van der Waals surface area (Å²) >= 11 is 1.37. The zero-order chi connectivity index (χ0) is 28.4. The summed E-state index contributed by atoms with van der Waals surface area (Å²) < 4.78 is 33.1. The van der Waals surface area contributed by atoms with E-state index in [4.69, 9.17) is 4.55 Å². The Labute approximate surface area is 229 Å². The maximum atomic E-state index is 13.5. The number of rotatable bonds is 14. The number of hydrogen-bond donors (Lipinski definition) is 4. The van der Waals surface area contributed by atoms with E-state index in [1.807, 2.05) is 23.1 Å². The number of Topliss-reactive ketones (excluding diaryl/α,β-unsaturated/α-hetero) is 1. The van der Waals surface area contributed by atoms with Gasteiger partial charge in [-0.3, -0.25) is 28.5 Å². The highest BCUT2D eigenvalue weighted by atomic mass is 32.2. The molecule has 0 aliphatic carbocycles. The third-order valence-corrected chi connectivity index (χ3v) is 7.09. The summed E-state index contributed by atoms with van der Waals surface area (Å²) in [6, 6.07) is 13.6. The second-order valence-corrected chi connectivity index (χ2v) is 10.7. The minimum Gasteiger partial charge on any atom is -0.345 e. The van der Waals surface area contributed by atoms with Gasteiger partial charge in [0.2, 0.25) is 17.6 Å². The van der Waals surface area contributed by atoms with E-state index in [-0.39, 0.29) is 18.4 Å². The number of carbonyl (C=O) groups is 4. The first-order valence-corrected chi connectivity index (χ1v) is 14.3. The van der Waals surface area contributed by atoms with Gasteiger partial charge in [-0.1, -0.05) is 49.4 Å². The first kappa shape index (κ1) is 29.6. The normalized spacial score (nSPS) is 12.7. The van der Waals surface area contributed by atoms with Crippen LogP contribution in [-0.2, 0) is 48.7 Å². The first-order chi connectivity index (χ1) is 18.6. The van der Waals surface area contributed by atoms with Crippen molar-refractivity contribution < 1.29 is 32.1 Å². The summed E-state index contributed by atoms with van der Waals surface area (Å²) in [7, 11) is -4.42. The van der Waals surface area contributed by atoms with Crippen LogP contribution in [0.15, 0.2) is 60.0 Å². The van der Waals surface area contributed by atoms with Gasteiger partial charge in [0, 0.05) is 11.8 Å². The molecular formula is C26H28N4O7S2. The zero-order valence-corrected chi connectivity index (χ0v) is 22.6. The predicted octanol–water partition coefficient (Wildman–Crippen LogP) is 2.21. The summed E-state index contributed by atoms with van der Waals surface area (Å²) in [5.74, 6) is -2.15. The maximum absolute atomic E-state index is 13.5. The molecule has 0 fully saturated rings. The highest BCUT2D eigenvalue weighted by molar-refractivity contribution is 7.87. The van der Waals surface area contributed by atoms with Gasteiger partial charge in [-0.2, -0.15) is 8.42 Å². The fourth-order valence-electron chi connectivity index (χ4n) is 3.72. The van der Waals surface area contributed by atoms with Crippen LogP contribution in [0.5, 0.6) is 0 Å². The molecule has 3 aromatic rings. The van der Waals surface area contributed by atoms with E-state index in [0.717, 1.165) is 16.8 Å².